The number of pyridine rings is 1. The molecule has 1 heterocycles. The lowest BCUT2D eigenvalue weighted by Gasteiger charge is -2.17. The SMILES string of the molecule is CCCOc1cccc(-c2nc(Cc3c(C)cc(OCC(=O)O)c(C)c3C)ccc2O)c1. The van der Waals surface area contributed by atoms with E-state index >= 15 is 0 Å². The smallest absolute Gasteiger partial charge is 0.341 e. The summed E-state index contributed by atoms with van der Waals surface area (Å²) in [7, 11) is 0. The lowest BCUT2D eigenvalue weighted by molar-refractivity contribution is -0.139. The highest BCUT2D eigenvalue weighted by Gasteiger charge is 2.15. The predicted molar refractivity (Wildman–Crippen MR) is 124 cm³/mol. The number of aliphatic carboxylic acids is 1. The molecule has 2 aromatic carbocycles. The van der Waals surface area contributed by atoms with E-state index in [4.69, 9.17) is 19.6 Å². The topological polar surface area (TPSA) is 88.9 Å². The minimum Gasteiger partial charge on any atom is -0.506 e. The number of carboxylic acid groups (broad SMARTS) is 1. The van der Waals surface area contributed by atoms with E-state index in [1.165, 1.54) is 0 Å². The van der Waals surface area contributed by atoms with Crippen molar-refractivity contribution in [2.24, 2.45) is 0 Å². The number of carboxylic acids is 1. The standard InChI is InChI=1S/C26H29NO5/c1-5-11-31-21-8-6-7-19(13-21)26-23(28)10-9-20(27-26)14-22-16(2)12-24(18(4)17(22)3)32-15-25(29)30/h6-10,12-13,28H,5,11,14-15H2,1-4H3,(H,29,30). The number of aromatic hydroxyl groups is 1. The molecule has 0 spiro atoms. The molecule has 1 aromatic heterocycles. The molecule has 0 bridgehead atoms. The monoisotopic (exact) mass is 435 g/mol. The molecular formula is C26H29NO5. The van der Waals surface area contributed by atoms with Gasteiger partial charge in [0.2, 0.25) is 0 Å². The number of benzene rings is 2. The van der Waals surface area contributed by atoms with Crippen LogP contribution in [0.1, 0.15) is 41.3 Å². The highest BCUT2D eigenvalue weighted by atomic mass is 16.5. The molecule has 6 nitrogen and oxygen atoms in total. The first-order chi connectivity index (χ1) is 15.3. The predicted octanol–water partition coefficient (Wildman–Crippen LogP) is 5.22. The quantitative estimate of drug-likeness (QED) is 0.479. The highest BCUT2D eigenvalue weighted by molar-refractivity contribution is 5.69. The Hall–Kier alpha value is -3.54. The number of hydrogen-bond donors (Lipinski definition) is 2. The van der Waals surface area contributed by atoms with Gasteiger partial charge in [-0.3, -0.25) is 0 Å². The third-order valence-corrected chi connectivity index (χ3v) is 5.43. The van der Waals surface area contributed by atoms with Gasteiger partial charge < -0.3 is 19.7 Å². The molecule has 0 fully saturated rings. The first-order valence-electron chi connectivity index (χ1n) is 10.7. The molecule has 0 aliphatic rings. The van der Waals surface area contributed by atoms with E-state index in [1.54, 1.807) is 6.07 Å². The van der Waals surface area contributed by atoms with Gasteiger partial charge in [-0.2, -0.15) is 0 Å². The molecule has 0 saturated carbocycles. The van der Waals surface area contributed by atoms with E-state index in [0.29, 0.717) is 24.5 Å². The van der Waals surface area contributed by atoms with Gasteiger partial charge in [-0.05, 0) is 79.8 Å². The fourth-order valence-electron chi connectivity index (χ4n) is 3.60. The second-order valence-corrected chi connectivity index (χ2v) is 7.83. The first kappa shape index (κ1) is 23.1. The Balaban J connectivity index is 1.91. The number of ether oxygens (including phenoxy) is 2. The normalized spacial score (nSPS) is 10.8. The summed E-state index contributed by atoms with van der Waals surface area (Å²) in [5.74, 6) is 0.432. The van der Waals surface area contributed by atoms with Crippen molar-refractivity contribution in [3.05, 3.63) is 70.4 Å². The van der Waals surface area contributed by atoms with Gasteiger partial charge in [0.15, 0.2) is 6.61 Å². The number of aromatic nitrogens is 1. The summed E-state index contributed by atoms with van der Waals surface area (Å²) in [6.07, 6.45) is 1.50. The second kappa shape index (κ2) is 10.2. The van der Waals surface area contributed by atoms with Crippen LogP contribution in [0, 0.1) is 20.8 Å². The third-order valence-electron chi connectivity index (χ3n) is 5.43. The molecule has 0 saturated heterocycles. The van der Waals surface area contributed by atoms with Crippen LogP contribution < -0.4 is 9.47 Å². The van der Waals surface area contributed by atoms with Gasteiger partial charge >= 0.3 is 5.97 Å². The number of aryl methyl sites for hydroxylation is 1. The number of carbonyl (C=O) groups is 1. The Labute approximate surface area is 188 Å². The molecule has 2 N–H and O–H groups in total. The number of nitrogens with zero attached hydrogens (tertiary/aromatic N) is 1. The highest BCUT2D eigenvalue weighted by Crippen LogP contribution is 2.32. The lowest BCUT2D eigenvalue weighted by atomic mass is 9.93. The zero-order valence-electron chi connectivity index (χ0n) is 18.9. The molecule has 3 rings (SSSR count). The summed E-state index contributed by atoms with van der Waals surface area (Å²) in [5, 5.41) is 19.3. The molecule has 0 radical (unpaired) electrons. The molecule has 0 aliphatic heterocycles. The van der Waals surface area contributed by atoms with Crippen molar-refractivity contribution >= 4 is 5.97 Å². The van der Waals surface area contributed by atoms with E-state index in [-0.39, 0.29) is 12.4 Å². The van der Waals surface area contributed by atoms with Gasteiger partial charge in [0.1, 0.15) is 22.9 Å². The van der Waals surface area contributed by atoms with Gasteiger partial charge in [-0.1, -0.05) is 19.1 Å². The van der Waals surface area contributed by atoms with E-state index in [0.717, 1.165) is 45.7 Å². The average molecular weight is 436 g/mol. The minimum atomic E-state index is -1.01. The molecule has 32 heavy (non-hydrogen) atoms. The van der Waals surface area contributed by atoms with Crippen LogP contribution in [0.5, 0.6) is 17.2 Å². The van der Waals surface area contributed by atoms with Gasteiger partial charge in [-0.25, -0.2) is 9.78 Å². The van der Waals surface area contributed by atoms with Crippen LogP contribution in [0.3, 0.4) is 0 Å². The van der Waals surface area contributed by atoms with Crippen LogP contribution in [0.4, 0.5) is 0 Å². The van der Waals surface area contributed by atoms with E-state index in [1.807, 2.05) is 57.2 Å². The van der Waals surface area contributed by atoms with Gasteiger partial charge in [0, 0.05) is 17.7 Å². The molecule has 0 aliphatic carbocycles. The summed E-state index contributed by atoms with van der Waals surface area (Å²) in [6, 6.07) is 12.9. The Morgan fingerprint density at radius 2 is 1.81 bits per heavy atom. The fraction of sp³-hybridized carbons (Fsp3) is 0.308. The summed E-state index contributed by atoms with van der Waals surface area (Å²) in [4.78, 5) is 15.6. The largest absolute Gasteiger partial charge is 0.506 e. The van der Waals surface area contributed by atoms with Crippen LogP contribution in [0.2, 0.25) is 0 Å². The van der Waals surface area contributed by atoms with Crippen molar-refractivity contribution < 1.29 is 24.5 Å². The minimum absolute atomic E-state index is 0.114. The first-order valence-corrected chi connectivity index (χ1v) is 10.7. The van der Waals surface area contributed by atoms with Crippen LogP contribution >= 0.6 is 0 Å². The Kier molecular flexibility index (Phi) is 7.36. The average Bonchev–Trinajstić information content (AvgIpc) is 2.78. The molecule has 3 aromatic rings. The van der Waals surface area contributed by atoms with E-state index in [9.17, 15) is 9.90 Å². The summed E-state index contributed by atoms with van der Waals surface area (Å²) < 4.78 is 11.2. The van der Waals surface area contributed by atoms with Crippen LogP contribution in [-0.4, -0.2) is 34.4 Å². The summed E-state index contributed by atoms with van der Waals surface area (Å²) in [6.45, 7) is 8.21. The van der Waals surface area contributed by atoms with Crippen molar-refractivity contribution in [1.29, 1.82) is 0 Å². The summed E-state index contributed by atoms with van der Waals surface area (Å²) in [5.41, 5.74) is 6.18. The van der Waals surface area contributed by atoms with Crippen LogP contribution in [0.15, 0.2) is 42.5 Å². The zero-order valence-corrected chi connectivity index (χ0v) is 18.9. The van der Waals surface area contributed by atoms with E-state index in [2.05, 4.69) is 6.92 Å². The Morgan fingerprint density at radius 1 is 1.03 bits per heavy atom. The van der Waals surface area contributed by atoms with Crippen LogP contribution in [-0.2, 0) is 11.2 Å². The van der Waals surface area contributed by atoms with Crippen molar-refractivity contribution in [3.8, 4) is 28.5 Å². The lowest BCUT2D eigenvalue weighted by Crippen LogP contribution is -2.11. The molecule has 6 heteroatoms. The van der Waals surface area contributed by atoms with Crippen molar-refractivity contribution in [2.75, 3.05) is 13.2 Å². The molecular weight excluding hydrogens is 406 g/mol. The fourth-order valence-corrected chi connectivity index (χ4v) is 3.60. The molecule has 0 amide bonds. The van der Waals surface area contributed by atoms with Gasteiger partial charge in [-0.15, -0.1) is 0 Å². The number of rotatable bonds is 9. The third kappa shape index (κ3) is 5.38. The van der Waals surface area contributed by atoms with Gasteiger partial charge in [0.25, 0.3) is 0 Å². The molecule has 168 valence electrons. The van der Waals surface area contributed by atoms with Crippen LogP contribution in [0.25, 0.3) is 11.3 Å². The van der Waals surface area contributed by atoms with Crippen molar-refractivity contribution in [3.63, 3.8) is 0 Å². The Morgan fingerprint density at radius 3 is 2.53 bits per heavy atom. The van der Waals surface area contributed by atoms with E-state index < -0.39 is 5.97 Å². The maximum absolute atomic E-state index is 10.8. The zero-order chi connectivity index (χ0) is 23.3. The van der Waals surface area contributed by atoms with Crippen molar-refractivity contribution in [1.82, 2.24) is 4.98 Å². The maximum atomic E-state index is 10.8. The second-order valence-electron chi connectivity index (χ2n) is 7.83. The molecule has 0 unspecified atom stereocenters. The summed E-state index contributed by atoms with van der Waals surface area (Å²) >= 11 is 0. The maximum Gasteiger partial charge on any atom is 0.341 e. The van der Waals surface area contributed by atoms with Gasteiger partial charge in [0.05, 0.1) is 6.61 Å². The number of hydrogen-bond acceptors (Lipinski definition) is 5. The van der Waals surface area contributed by atoms with Crippen molar-refractivity contribution in [2.45, 2.75) is 40.5 Å². The Bertz CT molecular complexity index is 1120. The molecule has 0 atom stereocenters.